The van der Waals surface area contributed by atoms with E-state index in [1.165, 1.54) is 0 Å². The number of ether oxygens (including phenoxy) is 1. The Bertz CT molecular complexity index is 147. The third-order valence-corrected chi connectivity index (χ3v) is 1.69. The molecule has 14 heavy (non-hydrogen) atoms. The SMILES string of the molecule is CC(C)CC(C)NCCOC(F)(F)F. The van der Waals surface area contributed by atoms with Crippen LogP contribution >= 0.6 is 0 Å². The van der Waals surface area contributed by atoms with Gasteiger partial charge in [-0.05, 0) is 19.3 Å². The van der Waals surface area contributed by atoms with Gasteiger partial charge in [-0.15, -0.1) is 13.2 Å². The molecule has 0 heterocycles. The summed E-state index contributed by atoms with van der Waals surface area (Å²) < 4.78 is 38.2. The molecular formula is C9H18F3NO. The maximum absolute atomic E-state index is 11.5. The lowest BCUT2D eigenvalue weighted by Gasteiger charge is -2.16. The lowest BCUT2D eigenvalue weighted by Crippen LogP contribution is -2.32. The van der Waals surface area contributed by atoms with E-state index < -0.39 is 6.36 Å². The fourth-order valence-electron chi connectivity index (χ4n) is 1.26. The molecule has 86 valence electrons. The van der Waals surface area contributed by atoms with E-state index in [0.29, 0.717) is 5.92 Å². The van der Waals surface area contributed by atoms with Gasteiger partial charge in [-0.25, -0.2) is 0 Å². The van der Waals surface area contributed by atoms with Gasteiger partial charge in [0.25, 0.3) is 0 Å². The van der Waals surface area contributed by atoms with Gasteiger partial charge in [0, 0.05) is 12.6 Å². The lowest BCUT2D eigenvalue weighted by molar-refractivity contribution is -0.323. The first kappa shape index (κ1) is 13.7. The maximum Gasteiger partial charge on any atom is 0.522 e. The van der Waals surface area contributed by atoms with Gasteiger partial charge >= 0.3 is 6.36 Å². The van der Waals surface area contributed by atoms with E-state index in [1.54, 1.807) is 0 Å². The summed E-state index contributed by atoms with van der Waals surface area (Å²) in [4.78, 5) is 0. The molecule has 0 aliphatic rings. The van der Waals surface area contributed by atoms with Crippen LogP contribution in [0.15, 0.2) is 0 Å². The van der Waals surface area contributed by atoms with Gasteiger partial charge in [0.2, 0.25) is 0 Å². The Balaban J connectivity index is 3.36. The van der Waals surface area contributed by atoms with Crippen molar-refractivity contribution in [1.82, 2.24) is 5.32 Å². The Labute approximate surface area is 82.8 Å². The first-order valence-electron chi connectivity index (χ1n) is 4.75. The minimum absolute atomic E-state index is 0.229. The zero-order valence-corrected chi connectivity index (χ0v) is 8.82. The second kappa shape index (κ2) is 6.24. The Hall–Kier alpha value is -0.290. The van der Waals surface area contributed by atoms with Gasteiger partial charge in [-0.2, -0.15) is 0 Å². The molecule has 0 aliphatic carbocycles. The second-order valence-electron chi connectivity index (χ2n) is 3.78. The van der Waals surface area contributed by atoms with Crippen LogP contribution in [0.4, 0.5) is 13.2 Å². The average Bonchev–Trinajstić information content (AvgIpc) is 1.95. The summed E-state index contributed by atoms with van der Waals surface area (Å²) in [5.41, 5.74) is 0. The fourth-order valence-corrected chi connectivity index (χ4v) is 1.26. The summed E-state index contributed by atoms with van der Waals surface area (Å²) in [6.07, 6.45) is -3.56. The molecule has 1 atom stereocenters. The molecule has 2 nitrogen and oxygen atoms in total. The molecule has 0 spiro atoms. The topological polar surface area (TPSA) is 21.3 Å². The van der Waals surface area contributed by atoms with Crippen molar-refractivity contribution in [2.45, 2.75) is 39.6 Å². The van der Waals surface area contributed by atoms with Gasteiger partial charge in [0.1, 0.15) is 0 Å². The van der Waals surface area contributed by atoms with Crippen molar-refractivity contribution in [2.24, 2.45) is 5.92 Å². The minimum Gasteiger partial charge on any atom is -0.312 e. The molecule has 0 radical (unpaired) electrons. The van der Waals surface area contributed by atoms with E-state index in [1.807, 2.05) is 6.92 Å². The number of nitrogens with one attached hydrogen (secondary N) is 1. The first-order valence-corrected chi connectivity index (χ1v) is 4.75. The van der Waals surface area contributed by atoms with E-state index in [2.05, 4.69) is 23.9 Å². The van der Waals surface area contributed by atoms with Crippen LogP contribution in [0, 0.1) is 5.92 Å². The van der Waals surface area contributed by atoms with Crippen LogP contribution in [-0.4, -0.2) is 25.6 Å². The van der Waals surface area contributed by atoms with E-state index in [-0.39, 0.29) is 19.2 Å². The van der Waals surface area contributed by atoms with E-state index in [4.69, 9.17) is 0 Å². The van der Waals surface area contributed by atoms with Crippen LogP contribution in [-0.2, 0) is 4.74 Å². The normalized spacial score (nSPS) is 14.8. The summed E-state index contributed by atoms with van der Waals surface area (Å²) in [6.45, 7) is 6.00. The van der Waals surface area contributed by atoms with E-state index in [0.717, 1.165) is 6.42 Å². The molecule has 1 N–H and O–H groups in total. The van der Waals surface area contributed by atoms with Crippen molar-refractivity contribution in [1.29, 1.82) is 0 Å². The van der Waals surface area contributed by atoms with Crippen molar-refractivity contribution in [3.8, 4) is 0 Å². The Morgan fingerprint density at radius 3 is 2.21 bits per heavy atom. The number of alkyl halides is 3. The average molecular weight is 213 g/mol. The predicted molar refractivity (Wildman–Crippen MR) is 48.9 cm³/mol. The molecule has 0 saturated carbocycles. The zero-order valence-electron chi connectivity index (χ0n) is 8.82. The number of hydrogen-bond donors (Lipinski definition) is 1. The van der Waals surface area contributed by atoms with Crippen molar-refractivity contribution in [2.75, 3.05) is 13.2 Å². The minimum atomic E-state index is -4.51. The Kier molecular flexibility index (Phi) is 6.11. The monoisotopic (exact) mass is 213 g/mol. The molecule has 1 unspecified atom stereocenters. The second-order valence-corrected chi connectivity index (χ2v) is 3.78. The maximum atomic E-state index is 11.5. The smallest absolute Gasteiger partial charge is 0.312 e. The Morgan fingerprint density at radius 2 is 1.79 bits per heavy atom. The highest BCUT2D eigenvalue weighted by Crippen LogP contribution is 2.15. The van der Waals surface area contributed by atoms with Crippen molar-refractivity contribution in [3.63, 3.8) is 0 Å². The van der Waals surface area contributed by atoms with E-state index in [9.17, 15) is 13.2 Å². The molecule has 0 bridgehead atoms. The van der Waals surface area contributed by atoms with Crippen LogP contribution < -0.4 is 5.32 Å². The van der Waals surface area contributed by atoms with Crippen LogP contribution in [0.3, 0.4) is 0 Å². The highest BCUT2D eigenvalue weighted by Gasteiger charge is 2.28. The summed E-state index contributed by atoms with van der Waals surface area (Å²) in [5, 5.41) is 2.96. The fraction of sp³-hybridized carbons (Fsp3) is 1.00. The van der Waals surface area contributed by atoms with Gasteiger partial charge in [0.15, 0.2) is 0 Å². The number of halogens is 3. The summed E-state index contributed by atoms with van der Waals surface area (Å²) in [7, 11) is 0. The van der Waals surface area contributed by atoms with Gasteiger partial charge in [-0.1, -0.05) is 13.8 Å². The molecule has 0 aromatic heterocycles. The summed E-state index contributed by atoms with van der Waals surface area (Å²) in [6, 6.07) is 0.229. The molecule has 0 fully saturated rings. The quantitative estimate of drug-likeness (QED) is 0.684. The third kappa shape index (κ3) is 9.80. The molecule has 0 saturated heterocycles. The molecule has 5 heteroatoms. The molecule has 0 amide bonds. The number of rotatable bonds is 6. The third-order valence-electron chi connectivity index (χ3n) is 1.69. The van der Waals surface area contributed by atoms with Crippen molar-refractivity contribution < 1.29 is 17.9 Å². The largest absolute Gasteiger partial charge is 0.522 e. The molecule has 0 rings (SSSR count). The van der Waals surface area contributed by atoms with Crippen LogP contribution in [0.1, 0.15) is 27.2 Å². The van der Waals surface area contributed by atoms with Gasteiger partial charge in [-0.3, -0.25) is 4.74 Å². The highest BCUT2D eigenvalue weighted by molar-refractivity contribution is 4.62. The molecular weight excluding hydrogens is 195 g/mol. The standard InChI is InChI=1S/C9H18F3NO/c1-7(2)6-8(3)13-4-5-14-9(10,11)12/h7-8,13H,4-6H2,1-3H3. The Morgan fingerprint density at radius 1 is 1.21 bits per heavy atom. The predicted octanol–water partition coefficient (Wildman–Crippen LogP) is 2.55. The summed E-state index contributed by atoms with van der Waals surface area (Å²) >= 11 is 0. The zero-order chi connectivity index (χ0) is 11.2. The van der Waals surface area contributed by atoms with Crippen molar-refractivity contribution >= 4 is 0 Å². The molecule has 0 aliphatic heterocycles. The highest BCUT2D eigenvalue weighted by atomic mass is 19.4. The van der Waals surface area contributed by atoms with Gasteiger partial charge < -0.3 is 5.32 Å². The molecule has 0 aromatic rings. The van der Waals surface area contributed by atoms with Crippen LogP contribution in [0.5, 0.6) is 0 Å². The molecule has 0 aromatic carbocycles. The van der Waals surface area contributed by atoms with Crippen molar-refractivity contribution in [3.05, 3.63) is 0 Å². The first-order chi connectivity index (χ1) is 6.31. The summed E-state index contributed by atoms with van der Waals surface area (Å²) in [5.74, 6) is 0.543. The van der Waals surface area contributed by atoms with Crippen LogP contribution in [0.2, 0.25) is 0 Å². The lowest BCUT2D eigenvalue weighted by atomic mass is 10.1. The number of hydrogen-bond acceptors (Lipinski definition) is 2. The van der Waals surface area contributed by atoms with Gasteiger partial charge in [0.05, 0.1) is 6.61 Å². The van der Waals surface area contributed by atoms with Crippen LogP contribution in [0.25, 0.3) is 0 Å². The van der Waals surface area contributed by atoms with E-state index >= 15 is 0 Å².